The summed E-state index contributed by atoms with van der Waals surface area (Å²) in [5.41, 5.74) is -0.335. The van der Waals surface area contributed by atoms with Gasteiger partial charge in [0.2, 0.25) is 0 Å². The fourth-order valence-electron chi connectivity index (χ4n) is 1.50. The van der Waals surface area contributed by atoms with Gasteiger partial charge in [-0.15, -0.1) is 0 Å². The first kappa shape index (κ1) is 15.1. The predicted molar refractivity (Wildman–Crippen MR) is 74.6 cm³/mol. The number of carboxylic acids is 1. The zero-order valence-corrected chi connectivity index (χ0v) is 12.0. The number of nitrogens with zero attached hydrogens (tertiary/aromatic N) is 2. The van der Waals surface area contributed by atoms with Crippen LogP contribution in [-0.2, 0) is 4.79 Å². The summed E-state index contributed by atoms with van der Waals surface area (Å²) in [7, 11) is 0. The zero-order chi connectivity index (χ0) is 13.5. The van der Waals surface area contributed by atoms with Crippen LogP contribution < -0.4 is 5.56 Å². The molecule has 0 radical (unpaired) electrons. The van der Waals surface area contributed by atoms with Crippen molar-refractivity contribution < 1.29 is 9.90 Å². The van der Waals surface area contributed by atoms with E-state index < -0.39 is 5.97 Å². The van der Waals surface area contributed by atoms with E-state index in [0.717, 1.165) is 23.9 Å². The van der Waals surface area contributed by atoms with E-state index >= 15 is 0 Å². The molecule has 7 heteroatoms. The van der Waals surface area contributed by atoms with Crippen LogP contribution in [0.5, 0.6) is 0 Å². The van der Waals surface area contributed by atoms with Gasteiger partial charge in [-0.2, -0.15) is 16.7 Å². The van der Waals surface area contributed by atoms with Gasteiger partial charge in [0.25, 0.3) is 5.56 Å². The summed E-state index contributed by atoms with van der Waals surface area (Å²) in [5, 5.41) is 9.17. The SMILES string of the molecule is CCC(CSC)n1ccc(=O)nc1SCC(=O)O. The van der Waals surface area contributed by atoms with E-state index in [1.807, 2.05) is 10.8 Å². The maximum atomic E-state index is 11.3. The smallest absolute Gasteiger partial charge is 0.313 e. The van der Waals surface area contributed by atoms with Gasteiger partial charge < -0.3 is 9.67 Å². The molecular formula is C11H16N2O3S2. The number of aliphatic carboxylic acids is 1. The van der Waals surface area contributed by atoms with Crippen molar-refractivity contribution in [2.45, 2.75) is 24.5 Å². The Labute approximate surface area is 114 Å². The Balaban J connectivity index is 3.01. The molecule has 1 rings (SSSR count). The zero-order valence-electron chi connectivity index (χ0n) is 10.3. The monoisotopic (exact) mass is 288 g/mol. The molecule has 0 aliphatic rings. The Morgan fingerprint density at radius 2 is 2.33 bits per heavy atom. The van der Waals surface area contributed by atoms with Gasteiger partial charge in [-0.25, -0.2) is 0 Å². The minimum Gasteiger partial charge on any atom is -0.481 e. The Kier molecular flexibility index (Phi) is 6.28. The van der Waals surface area contributed by atoms with Gasteiger partial charge in [0.15, 0.2) is 5.16 Å². The molecule has 1 unspecified atom stereocenters. The molecule has 1 aromatic heterocycles. The van der Waals surface area contributed by atoms with Crippen molar-refractivity contribution in [1.29, 1.82) is 0 Å². The fraction of sp³-hybridized carbons (Fsp3) is 0.545. The molecule has 0 spiro atoms. The van der Waals surface area contributed by atoms with Crippen LogP contribution in [-0.4, -0.2) is 38.4 Å². The van der Waals surface area contributed by atoms with Crippen molar-refractivity contribution in [3.8, 4) is 0 Å². The van der Waals surface area contributed by atoms with Crippen molar-refractivity contribution in [3.63, 3.8) is 0 Å². The Morgan fingerprint density at radius 1 is 1.61 bits per heavy atom. The first-order chi connectivity index (χ1) is 8.58. The Morgan fingerprint density at radius 3 is 2.89 bits per heavy atom. The molecule has 100 valence electrons. The normalized spacial score (nSPS) is 12.3. The summed E-state index contributed by atoms with van der Waals surface area (Å²) in [5.74, 6) is -0.101. The number of aromatic nitrogens is 2. The van der Waals surface area contributed by atoms with Gasteiger partial charge in [0, 0.05) is 24.1 Å². The first-order valence-corrected chi connectivity index (χ1v) is 7.89. The summed E-state index contributed by atoms with van der Waals surface area (Å²) >= 11 is 2.80. The van der Waals surface area contributed by atoms with Crippen LogP contribution >= 0.6 is 23.5 Å². The average Bonchev–Trinajstić information content (AvgIpc) is 2.34. The van der Waals surface area contributed by atoms with Gasteiger partial charge in [-0.3, -0.25) is 9.59 Å². The van der Waals surface area contributed by atoms with Crippen molar-refractivity contribution in [2.75, 3.05) is 17.8 Å². The fourth-order valence-corrected chi connectivity index (χ4v) is 3.04. The maximum Gasteiger partial charge on any atom is 0.313 e. The highest BCUT2D eigenvalue weighted by atomic mass is 32.2. The summed E-state index contributed by atoms with van der Waals surface area (Å²) < 4.78 is 1.89. The Hall–Kier alpha value is -0.950. The molecule has 0 aliphatic carbocycles. The second kappa shape index (κ2) is 7.48. The third-order valence-electron chi connectivity index (χ3n) is 2.35. The van der Waals surface area contributed by atoms with Crippen LogP contribution in [0.3, 0.4) is 0 Å². The molecule has 1 heterocycles. The van der Waals surface area contributed by atoms with Gasteiger partial charge in [-0.1, -0.05) is 18.7 Å². The van der Waals surface area contributed by atoms with Crippen LogP contribution in [0.15, 0.2) is 22.2 Å². The summed E-state index contributed by atoms with van der Waals surface area (Å²) in [6, 6.07) is 1.64. The molecule has 1 atom stereocenters. The van der Waals surface area contributed by atoms with Crippen LogP contribution in [0.4, 0.5) is 0 Å². The molecule has 0 saturated carbocycles. The maximum absolute atomic E-state index is 11.3. The van der Waals surface area contributed by atoms with Crippen LogP contribution in [0.25, 0.3) is 0 Å². The lowest BCUT2D eigenvalue weighted by Crippen LogP contribution is -2.19. The van der Waals surface area contributed by atoms with E-state index in [1.54, 1.807) is 18.0 Å². The quantitative estimate of drug-likeness (QED) is 0.608. The number of rotatable bonds is 7. The number of carbonyl (C=O) groups is 1. The van der Waals surface area contributed by atoms with Gasteiger partial charge >= 0.3 is 5.97 Å². The third-order valence-corrected chi connectivity index (χ3v) is 4.02. The topological polar surface area (TPSA) is 72.2 Å². The van der Waals surface area contributed by atoms with Crippen LogP contribution in [0.1, 0.15) is 19.4 Å². The number of hydrogen-bond donors (Lipinski definition) is 1. The molecule has 1 aromatic rings. The lowest BCUT2D eigenvalue weighted by Gasteiger charge is -2.20. The van der Waals surface area contributed by atoms with Crippen LogP contribution in [0, 0.1) is 0 Å². The number of hydrogen-bond acceptors (Lipinski definition) is 5. The standard InChI is InChI=1S/C11H16N2O3S2/c1-3-8(6-17-2)13-5-4-9(14)12-11(13)18-7-10(15)16/h4-5,8H,3,6-7H2,1-2H3,(H,15,16). The minimum atomic E-state index is -0.914. The van der Waals surface area contributed by atoms with Gasteiger partial charge in [0.05, 0.1) is 5.75 Å². The van der Waals surface area contributed by atoms with Gasteiger partial charge in [-0.05, 0) is 12.7 Å². The third kappa shape index (κ3) is 4.38. The van der Waals surface area contributed by atoms with Crippen molar-refractivity contribution in [3.05, 3.63) is 22.6 Å². The Bertz CT molecular complexity index is 462. The van der Waals surface area contributed by atoms with Crippen LogP contribution in [0.2, 0.25) is 0 Å². The summed E-state index contributed by atoms with van der Waals surface area (Å²) in [4.78, 5) is 25.8. The molecule has 18 heavy (non-hydrogen) atoms. The second-order valence-electron chi connectivity index (χ2n) is 3.66. The lowest BCUT2D eigenvalue weighted by atomic mass is 10.2. The molecule has 5 nitrogen and oxygen atoms in total. The molecule has 0 fully saturated rings. The van der Waals surface area contributed by atoms with E-state index in [9.17, 15) is 9.59 Å². The molecule has 0 saturated heterocycles. The summed E-state index contributed by atoms with van der Waals surface area (Å²) in [6.07, 6.45) is 4.62. The highest BCUT2D eigenvalue weighted by Crippen LogP contribution is 2.22. The molecule has 0 bridgehead atoms. The van der Waals surface area contributed by atoms with E-state index in [0.29, 0.717) is 5.16 Å². The highest BCUT2D eigenvalue weighted by molar-refractivity contribution is 7.99. The largest absolute Gasteiger partial charge is 0.481 e. The van der Waals surface area contributed by atoms with Crippen molar-refractivity contribution in [1.82, 2.24) is 9.55 Å². The second-order valence-corrected chi connectivity index (χ2v) is 5.51. The predicted octanol–water partition coefficient (Wildman–Crippen LogP) is 1.73. The molecular weight excluding hydrogens is 272 g/mol. The van der Waals surface area contributed by atoms with Crippen molar-refractivity contribution in [2.24, 2.45) is 0 Å². The average molecular weight is 288 g/mol. The highest BCUT2D eigenvalue weighted by Gasteiger charge is 2.13. The minimum absolute atomic E-state index is 0.0911. The first-order valence-electron chi connectivity index (χ1n) is 5.51. The van der Waals surface area contributed by atoms with E-state index in [4.69, 9.17) is 5.11 Å². The van der Waals surface area contributed by atoms with Crippen molar-refractivity contribution >= 4 is 29.5 Å². The molecule has 1 N–H and O–H groups in total. The van der Waals surface area contributed by atoms with E-state index in [2.05, 4.69) is 11.9 Å². The number of thioether (sulfide) groups is 2. The lowest BCUT2D eigenvalue weighted by molar-refractivity contribution is -0.133. The summed E-state index contributed by atoms with van der Waals surface area (Å²) in [6.45, 7) is 2.06. The molecule has 0 aliphatic heterocycles. The van der Waals surface area contributed by atoms with Gasteiger partial charge in [0.1, 0.15) is 0 Å². The van der Waals surface area contributed by atoms with E-state index in [1.165, 1.54) is 6.07 Å². The molecule has 0 amide bonds. The van der Waals surface area contributed by atoms with E-state index in [-0.39, 0.29) is 17.4 Å². The molecule has 0 aromatic carbocycles. The number of carboxylic acid groups (broad SMARTS) is 1.